The molecule has 17 heavy (non-hydrogen) atoms. The molecule has 0 spiro atoms. The smallest absolute Gasteiger partial charge is 0.153 e. The Morgan fingerprint density at radius 2 is 2.12 bits per heavy atom. The van der Waals surface area contributed by atoms with Crippen molar-refractivity contribution in [3.05, 3.63) is 46.9 Å². The Balaban J connectivity index is 2.28. The van der Waals surface area contributed by atoms with E-state index < -0.39 is 5.82 Å². The Hall–Kier alpha value is -1.81. The number of nitrogens with zero attached hydrogens (tertiary/aromatic N) is 1. The fraction of sp³-hybridized carbons (Fsp3) is 0.0833. The first-order chi connectivity index (χ1) is 8.06. The van der Waals surface area contributed by atoms with E-state index in [2.05, 4.69) is 10.3 Å². The lowest BCUT2D eigenvalue weighted by Crippen LogP contribution is -1.99. The summed E-state index contributed by atoms with van der Waals surface area (Å²) in [6.45, 7) is 1.90. The van der Waals surface area contributed by atoms with Crippen molar-refractivity contribution in [1.29, 1.82) is 0 Å². The van der Waals surface area contributed by atoms with Gasteiger partial charge in [0.2, 0.25) is 0 Å². The van der Waals surface area contributed by atoms with Crippen molar-refractivity contribution >= 4 is 28.8 Å². The van der Waals surface area contributed by atoms with Gasteiger partial charge in [0, 0.05) is 11.9 Å². The van der Waals surface area contributed by atoms with Gasteiger partial charge in [-0.25, -0.2) is 9.37 Å². The summed E-state index contributed by atoms with van der Waals surface area (Å²) in [5.41, 5.74) is 7.83. The Morgan fingerprint density at radius 3 is 2.76 bits per heavy atom. The Labute approximate surface area is 103 Å². The maximum absolute atomic E-state index is 13.2. The van der Waals surface area contributed by atoms with Crippen molar-refractivity contribution in [3.63, 3.8) is 0 Å². The zero-order valence-electron chi connectivity index (χ0n) is 9.17. The summed E-state index contributed by atoms with van der Waals surface area (Å²) >= 11 is 5.59. The molecule has 0 fully saturated rings. The number of hydrogen-bond donors (Lipinski definition) is 2. The van der Waals surface area contributed by atoms with Gasteiger partial charge in [0.25, 0.3) is 0 Å². The van der Waals surface area contributed by atoms with Crippen LogP contribution in [0.15, 0.2) is 30.5 Å². The third-order valence-corrected chi connectivity index (χ3v) is 2.54. The number of halogens is 2. The van der Waals surface area contributed by atoms with Gasteiger partial charge in [-0.2, -0.15) is 0 Å². The van der Waals surface area contributed by atoms with Crippen LogP contribution in [0, 0.1) is 12.7 Å². The molecule has 2 rings (SSSR count). The van der Waals surface area contributed by atoms with Crippen LogP contribution in [0.5, 0.6) is 0 Å². The molecule has 5 heteroatoms. The summed E-state index contributed by atoms with van der Waals surface area (Å²) in [5.74, 6) is 0.0136. The van der Waals surface area contributed by atoms with Gasteiger partial charge >= 0.3 is 0 Å². The maximum atomic E-state index is 13.2. The molecule has 0 atom stereocenters. The highest BCUT2D eigenvalue weighted by atomic mass is 35.5. The molecule has 0 radical (unpaired) electrons. The molecule has 88 valence electrons. The highest BCUT2D eigenvalue weighted by Crippen LogP contribution is 2.24. The first kappa shape index (κ1) is 11.7. The van der Waals surface area contributed by atoms with Gasteiger partial charge in [0.15, 0.2) is 5.82 Å². The van der Waals surface area contributed by atoms with Crippen LogP contribution in [-0.2, 0) is 0 Å². The minimum Gasteiger partial charge on any atom is -0.396 e. The van der Waals surface area contributed by atoms with Crippen molar-refractivity contribution in [2.45, 2.75) is 6.92 Å². The summed E-state index contributed by atoms with van der Waals surface area (Å²) in [6.07, 6.45) is 1.69. The number of rotatable bonds is 2. The fourth-order valence-electron chi connectivity index (χ4n) is 1.41. The van der Waals surface area contributed by atoms with E-state index in [1.807, 2.05) is 6.92 Å². The van der Waals surface area contributed by atoms with E-state index in [9.17, 15) is 4.39 Å². The van der Waals surface area contributed by atoms with Crippen LogP contribution in [0.4, 0.5) is 21.6 Å². The molecule has 1 heterocycles. The molecule has 0 unspecified atom stereocenters. The SMILES string of the molecule is Cc1cnc(Nc2ccc(Cl)c(F)c2)c(N)c1. The topological polar surface area (TPSA) is 50.9 Å². The molecule has 1 aromatic carbocycles. The average Bonchev–Trinajstić information content (AvgIpc) is 2.27. The number of aryl methyl sites for hydroxylation is 1. The van der Waals surface area contributed by atoms with Crippen molar-refractivity contribution in [2.75, 3.05) is 11.1 Å². The van der Waals surface area contributed by atoms with E-state index in [0.29, 0.717) is 17.2 Å². The number of hydrogen-bond acceptors (Lipinski definition) is 3. The lowest BCUT2D eigenvalue weighted by molar-refractivity contribution is 0.629. The summed E-state index contributed by atoms with van der Waals surface area (Å²) < 4.78 is 13.2. The highest BCUT2D eigenvalue weighted by molar-refractivity contribution is 6.30. The van der Waals surface area contributed by atoms with Crippen molar-refractivity contribution in [1.82, 2.24) is 4.98 Å². The van der Waals surface area contributed by atoms with Crippen LogP contribution < -0.4 is 11.1 Å². The fourth-order valence-corrected chi connectivity index (χ4v) is 1.52. The monoisotopic (exact) mass is 251 g/mol. The molecule has 2 aromatic rings. The predicted octanol–water partition coefficient (Wildman–Crippen LogP) is 3.51. The van der Waals surface area contributed by atoms with Gasteiger partial charge in [0.05, 0.1) is 10.7 Å². The van der Waals surface area contributed by atoms with Crippen molar-refractivity contribution < 1.29 is 4.39 Å². The zero-order chi connectivity index (χ0) is 12.4. The molecule has 0 saturated heterocycles. The molecule has 3 N–H and O–H groups in total. The molecule has 0 amide bonds. The Bertz CT molecular complexity index is 557. The van der Waals surface area contributed by atoms with Gasteiger partial charge in [-0.05, 0) is 36.8 Å². The minimum atomic E-state index is -0.484. The number of benzene rings is 1. The number of pyridine rings is 1. The Morgan fingerprint density at radius 1 is 1.35 bits per heavy atom. The molecular formula is C12H11ClFN3. The average molecular weight is 252 g/mol. The molecule has 1 aromatic heterocycles. The molecule has 0 aliphatic carbocycles. The van der Waals surface area contributed by atoms with Gasteiger partial charge < -0.3 is 11.1 Å². The van der Waals surface area contributed by atoms with Crippen LogP contribution in [0.25, 0.3) is 0 Å². The van der Waals surface area contributed by atoms with Crippen LogP contribution in [0.2, 0.25) is 5.02 Å². The van der Waals surface area contributed by atoms with Crippen LogP contribution in [0.1, 0.15) is 5.56 Å². The van der Waals surface area contributed by atoms with Crippen molar-refractivity contribution in [2.24, 2.45) is 0 Å². The van der Waals surface area contributed by atoms with Crippen LogP contribution in [0.3, 0.4) is 0 Å². The van der Waals surface area contributed by atoms with Gasteiger partial charge in [-0.15, -0.1) is 0 Å². The second kappa shape index (κ2) is 4.59. The zero-order valence-corrected chi connectivity index (χ0v) is 9.92. The van der Waals surface area contributed by atoms with E-state index in [1.165, 1.54) is 12.1 Å². The first-order valence-electron chi connectivity index (χ1n) is 5.00. The van der Waals surface area contributed by atoms with Gasteiger partial charge in [-0.3, -0.25) is 0 Å². The Kier molecular flexibility index (Phi) is 3.15. The predicted molar refractivity (Wildman–Crippen MR) is 68.1 cm³/mol. The highest BCUT2D eigenvalue weighted by Gasteiger charge is 2.04. The molecule has 0 bridgehead atoms. The number of nitrogen functional groups attached to an aromatic ring is 1. The first-order valence-corrected chi connectivity index (χ1v) is 5.38. The maximum Gasteiger partial charge on any atom is 0.153 e. The van der Waals surface area contributed by atoms with E-state index in [1.54, 1.807) is 18.3 Å². The van der Waals surface area contributed by atoms with E-state index in [0.717, 1.165) is 5.56 Å². The summed E-state index contributed by atoms with van der Waals surface area (Å²) in [5, 5.41) is 3.02. The van der Waals surface area contributed by atoms with Gasteiger partial charge in [-0.1, -0.05) is 11.6 Å². The third-order valence-electron chi connectivity index (χ3n) is 2.24. The normalized spacial score (nSPS) is 10.3. The number of anilines is 3. The molecule has 0 saturated carbocycles. The van der Waals surface area contributed by atoms with Crippen molar-refractivity contribution in [3.8, 4) is 0 Å². The molecular weight excluding hydrogens is 241 g/mol. The lowest BCUT2D eigenvalue weighted by atomic mass is 10.2. The van der Waals surface area contributed by atoms with E-state index in [-0.39, 0.29) is 5.02 Å². The van der Waals surface area contributed by atoms with Gasteiger partial charge in [0.1, 0.15) is 5.82 Å². The number of aromatic nitrogens is 1. The summed E-state index contributed by atoms with van der Waals surface area (Å²) in [7, 11) is 0. The summed E-state index contributed by atoms with van der Waals surface area (Å²) in [6, 6.07) is 6.22. The van der Waals surface area contributed by atoms with Crippen LogP contribution >= 0.6 is 11.6 Å². The lowest BCUT2D eigenvalue weighted by Gasteiger charge is -2.09. The summed E-state index contributed by atoms with van der Waals surface area (Å²) in [4.78, 5) is 4.13. The molecule has 0 aliphatic rings. The number of nitrogens with two attached hydrogens (primary N) is 1. The standard InChI is InChI=1S/C12H11ClFN3/c1-7-4-11(15)12(16-6-7)17-8-2-3-9(13)10(14)5-8/h2-6H,15H2,1H3,(H,16,17). The number of nitrogens with one attached hydrogen (secondary N) is 1. The van der Waals surface area contributed by atoms with E-state index in [4.69, 9.17) is 17.3 Å². The molecule has 3 nitrogen and oxygen atoms in total. The van der Waals surface area contributed by atoms with E-state index >= 15 is 0 Å². The largest absolute Gasteiger partial charge is 0.396 e. The molecule has 0 aliphatic heterocycles. The minimum absolute atomic E-state index is 0.0837. The van der Waals surface area contributed by atoms with Crippen LogP contribution in [-0.4, -0.2) is 4.98 Å². The quantitative estimate of drug-likeness (QED) is 0.859. The third kappa shape index (κ3) is 2.65. The second-order valence-corrected chi connectivity index (χ2v) is 4.11. The second-order valence-electron chi connectivity index (χ2n) is 3.70.